The van der Waals surface area contributed by atoms with Gasteiger partial charge in [0, 0.05) is 37.1 Å². The number of carbonyl (C=O) groups is 1. The van der Waals surface area contributed by atoms with Crippen LogP contribution >= 0.6 is 23.2 Å². The number of nitrogens with zero attached hydrogens (tertiary/aromatic N) is 3. The fraction of sp³-hybridized carbons (Fsp3) is 0.464. The monoisotopic (exact) mass is 512 g/mol. The summed E-state index contributed by atoms with van der Waals surface area (Å²) < 4.78 is 2.37. The summed E-state index contributed by atoms with van der Waals surface area (Å²) in [5, 5.41) is 5.41. The first-order valence-corrected chi connectivity index (χ1v) is 13.5. The Morgan fingerprint density at radius 3 is 2.51 bits per heavy atom. The standard InChI is InChI=1S/C28H34Cl2N4O/c1-28(34-24-7-3-2-5-22(24)19-26(34)31-20-35)12-9-21(10-13-28)11-14-32-15-17-33(18-16-32)25-8-4-6-23(29)27(25)30/h2-8,19-21H,9-18H2,1H3,(H,31,35). The van der Waals surface area contributed by atoms with Gasteiger partial charge in [-0.05, 0) is 75.8 Å². The second-order valence-electron chi connectivity index (χ2n) is 10.3. The normalized spacial score (nSPS) is 23.5. The van der Waals surface area contributed by atoms with E-state index in [1.54, 1.807) is 0 Å². The molecule has 1 aromatic heterocycles. The van der Waals surface area contributed by atoms with Gasteiger partial charge in [0.1, 0.15) is 5.82 Å². The summed E-state index contributed by atoms with van der Waals surface area (Å²) in [5.41, 5.74) is 2.27. The number of rotatable bonds is 7. The van der Waals surface area contributed by atoms with Gasteiger partial charge in [-0.25, -0.2) is 0 Å². The van der Waals surface area contributed by atoms with Gasteiger partial charge in [-0.3, -0.25) is 9.69 Å². The molecule has 0 unspecified atom stereocenters. The van der Waals surface area contributed by atoms with Crippen molar-refractivity contribution in [2.24, 2.45) is 5.92 Å². The third-order valence-corrected chi connectivity index (χ3v) is 8.95. The number of hydrogen-bond acceptors (Lipinski definition) is 3. The van der Waals surface area contributed by atoms with Crippen molar-refractivity contribution in [1.82, 2.24) is 9.47 Å². The van der Waals surface area contributed by atoms with Crippen molar-refractivity contribution in [1.29, 1.82) is 0 Å². The van der Waals surface area contributed by atoms with Crippen molar-refractivity contribution in [3.05, 3.63) is 58.6 Å². The number of carbonyl (C=O) groups excluding carboxylic acids is 1. The molecule has 0 radical (unpaired) electrons. The van der Waals surface area contributed by atoms with E-state index in [0.717, 1.165) is 69.4 Å². The van der Waals surface area contributed by atoms with Crippen molar-refractivity contribution in [3.63, 3.8) is 0 Å². The van der Waals surface area contributed by atoms with E-state index in [-0.39, 0.29) is 5.54 Å². The van der Waals surface area contributed by atoms with Crippen molar-refractivity contribution in [3.8, 4) is 0 Å². The maximum Gasteiger partial charge on any atom is 0.212 e. The van der Waals surface area contributed by atoms with Gasteiger partial charge in [0.25, 0.3) is 0 Å². The lowest BCUT2D eigenvalue weighted by Crippen LogP contribution is -2.47. The molecule has 2 fully saturated rings. The highest BCUT2D eigenvalue weighted by Gasteiger charge is 2.35. The van der Waals surface area contributed by atoms with Crippen LogP contribution in [0.3, 0.4) is 0 Å². The van der Waals surface area contributed by atoms with Gasteiger partial charge in [-0.15, -0.1) is 0 Å². The molecule has 3 aromatic rings. The third kappa shape index (κ3) is 5.04. The Morgan fingerprint density at radius 1 is 1.03 bits per heavy atom. The minimum absolute atomic E-state index is 0.0206. The van der Waals surface area contributed by atoms with Crippen molar-refractivity contribution in [2.45, 2.75) is 44.6 Å². The van der Waals surface area contributed by atoms with E-state index in [1.165, 1.54) is 30.2 Å². The van der Waals surface area contributed by atoms with E-state index in [0.29, 0.717) is 10.0 Å². The SMILES string of the molecule is CC1(n2c(NC=O)cc3ccccc32)CCC(CCN2CCN(c3cccc(Cl)c3Cl)CC2)CC1. The molecule has 1 amide bonds. The van der Waals surface area contributed by atoms with Crippen LogP contribution in [0, 0.1) is 5.92 Å². The Kier molecular flexibility index (Phi) is 7.29. The highest BCUT2D eigenvalue weighted by Crippen LogP contribution is 2.43. The molecule has 0 spiro atoms. The van der Waals surface area contributed by atoms with E-state index < -0.39 is 0 Å². The zero-order chi connectivity index (χ0) is 24.4. The second-order valence-corrected chi connectivity index (χ2v) is 11.1. The molecule has 1 saturated heterocycles. The molecule has 35 heavy (non-hydrogen) atoms. The van der Waals surface area contributed by atoms with Crippen LogP contribution in [0.5, 0.6) is 0 Å². The molecule has 0 atom stereocenters. The van der Waals surface area contributed by atoms with Crippen LogP contribution in [0.2, 0.25) is 10.0 Å². The quantitative estimate of drug-likeness (QED) is 0.361. The number of nitrogens with one attached hydrogen (secondary N) is 1. The number of hydrogen-bond donors (Lipinski definition) is 1. The summed E-state index contributed by atoms with van der Waals surface area (Å²) in [7, 11) is 0. The first-order chi connectivity index (χ1) is 17.0. The zero-order valence-electron chi connectivity index (χ0n) is 20.4. The molecule has 1 N–H and O–H groups in total. The minimum atomic E-state index is 0.0206. The largest absolute Gasteiger partial charge is 0.368 e. The molecular weight excluding hydrogens is 479 g/mol. The molecule has 0 bridgehead atoms. The lowest BCUT2D eigenvalue weighted by Gasteiger charge is -2.41. The van der Waals surface area contributed by atoms with Crippen LogP contribution in [-0.2, 0) is 10.3 Å². The van der Waals surface area contributed by atoms with Crippen LogP contribution in [0.25, 0.3) is 10.9 Å². The number of anilines is 2. The van der Waals surface area contributed by atoms with E-state index in [4.69, 9.17) is 23.2 Å². The lowest BCUT2D eigenvalue weighted by molar-refractivity contribution is -0.105. The maximum atomic E-state index is 11.3. The summed E-state index contributed by atoms with van der Waals surface area (Å²) in [6, 6.07) is 16.4. The van der Waals surface area contributed by atoms with Gasteiger partial charge in [-0.2, -0.15) is 0 Å². The number of fused-ring (bicyclic) bond motifs is 1. The number of para-hydroxylation sites is 1. The molecular formula is C28H34Cl2N4O. The Morgan fingerprint density at radius 2 is 1.77 bits per heavy atom. The Labute approximate surface area is 218 Å². The molecule has 1 saturated carbocycles. The predicted octanol–water partition coefficient (Wildman–Crippen LogP) is 6.63. The second kappa shape index (κ2) is 10.4. The van der Waals surface area contributed by atoms with E-state index in [1.807, 2.05) is 12.1 Å². The summed E-state index contributed by atoms with van der Waals surface area (Å²) >= 11 is 12.6. The van der Waals surface area contributed by atoms with Crippen LogP contribution < -0.4 is 10.2 Å². The van der Waals surface area contributed by atoms with Crippen LogP contribution in [0.4, 0.5) is 11.5 Å². The third-order valence-electron chi connectivity index (χ3n) is 8.14. The lowest BCUT2D eigenvalue weighted by atomic mass is 9.76. The van der Waals surface area contributed by atoms with Gasteiger partial charge in [0.15, 0.2) is 0 Å². The molecule has 7 heteroatoms. The maximum absolute atomic E-state index is 11.3. The van der Waals surface area contributed by atoms with E-state index in [9.17, 15) is 4.79 Å². The van der Waals surface area contributed by atoms with Gasteiger partial charge >= 0.3 is 0 Å². The van der Waals surface area contributed by atoms with Gasteiger partial charge < -0.3 is 14.8 Å². The summed E-state index contributed by atoms with van der Waals surface area (Å²) in [4.78, 5) is 16.2. The Hall–Kier alpha value is -2.21. The molecule has 1 aliphatic carbocycles. The summed E-state index contributed by atoms with van der Waals surface area (Å²) in [6.45, 7) is 7.59. The first-order valence-electron chi connectivity index (χ1n) is 12.7. The zero-order valence-corrected chi connectivity index (χ0v) is 21.9. The van der Waals surface area contributed by atoms with Gasteiger partial charge in [-0.1, -0.05) is 47.5 Å². The van der Waals surface area contributed by atoms with Gasteiger partial charge in [0.2, 0.25) is 6.41 Å². The molecule has 186 valence electrons. The first kappa shape index (κ1) is 24.5. The topological polar surface area (TPSA) is 40.5 Å². The molecule has 2 aromatic carbocycles. The molecule has 2 aliphatic rings. The average Bonchev–Trinajstić information content (AvgIpc) is 3.25. The van der Waals surface area contributed by atoms with Crippen molar-refractivity contribution >= 4 is 52.0 Å². The molecule has 2 heterocycles. The predicted molar refractivity (Wildman–Crippen MR) is 147 cm³/mol. The highest BCUT2D eigenvalue weighted by molar-refractivity contribution is 6.43. The van der Waals surface area contributed by atoms with E-state index in [2.05, 4.69) is 63.0 Å². The number of amides is 1. The fourth-order valence-electron chi connectivity index (χ4n) is 6.03. The number of benzene rings is 2. The molecule has 1 aliphatic heterocycles. The van der Waals surface area contributed by atoms with E-state index >= 15 is 0 Å². The van der Waals surface area contributed by atoms with Crippen LogP contribution in [-0.4, -0.2) is 48.6 Å². The number of aromatic nitrogens is 1. The van der Waals surface area contributed by atoms with Crippen molar-refractivity contribution in [2.75, 3.05) is 42.9 Å². The number of halogens is 2. The van der Waals surface area contributed by atoms with Crippen molar-refractivity contribution < 1.29 is 4.79 Å². The van der Waals surface area contributed by atoms with Crippen LogP contribution in [0.1, 0.15) is 39.0 Å². The Bertz CT molecular complexity index is 1180. The number of piperazine rings is 1. The summed E-state index contributed by atoms with van der Waals surface area (Å²) in [6.07, 6.45) is 6.75. The Balaban J connectivity index is 1.15. The highest BCUT2D eigenvalue weighted by atomic mass is 35.5. The minimum Gasteiger partial charge on any atom is -0.368 e. The smallest absolute Gasteiger partial charge is 0.212 e. The fourth-order valence-corrected chi connectivity index (χ4v) is 6.44. The van der Waals surface area contributed by atoms with Gasteiger partial charge in [0.05, 0.1) is 21.2 Å². The molecule has 5 rings (SSSR count). The summed E-state index contributed by atoms with van der Waals surface area (Å²) in [5.74, 6) is 1.66. The van der Waals surface area contributed by atoms with Crippen LogP contribution in [0.15, 0.2) is 48.5 Å². The average molecular weight is 514 g/mol. The molecule has 5 nitrogen and oxygen atoms in total.